The standard InChI is InChI=1S/C10H19N3O2S/c1-8(10(2,3)4)7-12-16(14,15)9-5-6-11-13-9/h5-6,8,12H,7H2,1-4H3,(H,11,13). The van der Waals surface area contributed by atoms with Crippen molar-refractivity contribution in [3.63, 3.8) is 0 Å². The van der Waals surface area contributed by atoms with Crippen LogP contribution >= 0.6 is 0 Å². The van der Waals surface area contributed by atoms with E-state index in [-0.39, 0.29) is 16.4 Å². The highest BCUT2D eigenvalue weighted by Crippen LogP contribution is 2.24. The maximum atomic E-state index is 11.7. The summed E-state index contributed by atoms with van der Waals surface area (Å²) in [6.07, 6.45) is 1.42. The van der Waals surface area contributed by atoms with Crippen LogP contribution in [-0.2, 0) is 10.0 Å². The molecule has 92 valence electrons. The quantitative estimate of drug-likeness (QED) is 0.841. The fraction of sp³-hybridized carbons (Fsp3) is 0.700. The topological polar surface area (TPSA) is 74.8 Å². The van der Waals surface area contributed by atoms with Crippen LogP contribution in [0.2, 0.25) is 0 Å². The van der Waals surface area contributed by atoms with Gasteiger partial charge in [0.1, 0.15) is 0 Å². The van der Waals surface area contributed by atoms with Crippen LogP contribution in [0.3, 0.4) is 0 Å². The summed E-state index contributed by atoms with van der Waals surface area (Å²) >= 11 is 0. The molecule has 6 heteroatoms. The third-order valence-corrected chi connectivity index (χ3v) is 4.18. The zero-order chi connectivity index (χ0) is 12.4. The maximum absolute atomic E-state index is 11.7. The van der Waals surface area contributed by atoms with E-state index in [1.54, 1.807) is 0 Å². The largest absolute Gasteiger partial charge is 0.266 e. The Kier molecular flexibility index (Phi) is 3.75. The molecule has 0 radical (unpaired) electrons. The van der Waals surface area contributed by atoms with E-state index in [4.69, 9.17) is 0 Å². The van der Waals surface area contributed by atoms with Crippen molar-refractivity contribution in [2.45, 2.75) is 32.7 Å². The number of sulfonamides is 1. The molecule has 1 unspecified atom stereocenters. The lowest BCUT2D eigenvalue weighted by Crippen LogP contribution is -2.33. The summed E-state index contributed by atoms with van der Waals surface area (Å²) in [6, 6.07) is 1.43. The Hall–Kier alpha value is -0.880. The number of nitrogens with one attached hydrogen (secondary N) is 2. The molecule has 0 amide bonds. The lowest BCUT2D eigenvalue weighted by Gasteiger charge is -2.27. The van der Waals surface area contributed by atoms with Crippen molar-refractivity contribution in [2.75, 3.05) is 6.54 Å². The monoisotopic (exact) mass is 245 g/mol. The summed E-state index contributed by atoms with van der Waals surface area (Å²) in [5.74, 6) is 0.255. The van der Waals surface area contributed by atoms with E-state index in [9.17, 15) is 8.42 Å². The highest BCUT2D eigenvalue weighted by Gasteiger charge is 2.23. The van der Waals surface area contributed by atoms with E-state index in [1.807, 2.05) is 6.92 Å². The molecule has 0 spiro atoms. The Bertz CT molecular complexity index is 417. The second-order valence-corrected chi connectivity index (χ2v) is 6.78. The lowest BCUT2D eigenvalue weighted by molar-refractivity contribution is 0.263. The SMILES string of the molecule is CC(CNS(=O)(=O)c1ccn[nH]1)C(C)(C)C. The zero-order valence-corrected chi connectivity index (χ0v) is 10.9. The van der Waals surface area contributed by atoms with Gasteiger partial charge in [0.05, 0.1) is 6.20 Å². The molecule has 0 saturated carbocycles. The van der Waals surface area contributed by atoms with Crippen LogP contribution in [0, 0.1) is 11.3 Å². The fourth-order valence-corrected chi connectivity index (χ4v) is 2.05. The summed E-state index contributed by atoms with van der Waals surface area (Å²) in [6.45, 7) is 8.70. The molecule has 0 saturated heterocycles. The van der Waals surface area contributed by atoms with Crippen LogP contribution in [0.4, 0.5) is 0 Å². The Morgan fingerprint density at radius 1 is 1.50 bits per heavy atom. The molecule has 0 aliphatic carbocycles. The Morgan fingerprint density at radius 2 is 2.12 bits per heavy atom. The molecular weight excluding hydrogens is 226 g/mol. The molecule has 16 heavy (non-hydrogen) atoms. The zero-order valence-electron chi connectivity index (χ0n) is 10.1. The Balaban J connectivity index is 2.63. The molecule has 5 nitrogen and oxygen atoms in total. The van der Waals surface area contributed by atoms with Gasteiger partial charge in [0.2, 0.25) is 0 Å². The van der Waals surface area contributed by atoms with Gasteiger partial charge >= 0.3 is 0 Å². The molecule has 2 N–H and O–H groups in total. The predicted molar refractivity (Wildman–Crippen MR) is 62.4 cm³/mol. The van der Waals surface area contributed by atoms with Crippen LogP contribution in [0.1, 0.15) is 27.7 Å². The van der Waals surface area contributed by atoms with Gasteiger partial charge in [-0.1, -0.05) is 27.7 Å². The molecule has 0 bridgehead atoms. The molecule has 0 fully saturated rings. The van der Waals surface area contributed by atoms with Gasteiger partial charge in [0, 0.05) is 6.54 Å². The molecule has 0 aromatic carbocycles. The van der Waals surface area contributed by atoms with Gasteiger partial charge in [0.15, 0.2) is 5.03 Å². The van der Waals surface area contributed by atoms with E-state index >= 15 is 0 Å². The van der Waals surface area contributed by atoms with Crippen molar-refractivity contribution in [1.29, 1.82) is 0 Å². The van der Waals surface area contributed by atoms with E-state index in [2.05, 4.69) is 35.7 Å². The van der Waals surface area contributed by atoms with Gasteiger partial charge in [-0.3, -0.25) is 5.10 Å². The van der Waals surface area contributed by atoms with E-state index < -0.39 is 10.0 Å². The van der Waals surface area contributed by atoms with Crippen molar-refractivity contribution in [2.24, 2.45) is 11.3 Å². The first-order valence-corrected chi connectivity index (χ1v) is 6.71. The highest BCUT2D eigenvalue weighted by atomic mass is 32.2. The van der Waals surface area contributed by atoms with Gasteiger partial charge in [0.25, 0.3) is 10.0 Å². The van der Waals surface area contributed by atoms with Gasteiger partial charge in [-0.2, -0.15) is 5.10 Å². The number of aromatic amines is 1. The fourth-order valence-electron chi connectivity index (χ4n) is 1.01. The minimum absolute atomic E-state index is 0.0799. The van der Waals surface area contributed by atoms with Crippen LogP contribution in [0.15, 0.2) is 17.3 Å². The maximum Gasteiger partial charge on any atom is 0.257 e. The predicted octanol–water partition coefficient (Wildman–Crippen LogP) is 1.37. The third-order valence-electron chi connectivity index (χ3n) is 2.82. The van der Waals surface area contributed by atoms with Crippen molar-refractivity contribution >= 4 is 10.0 Å². The molecule has 1 rings (SSSR count). The molecule has 1 aromatic heterocycles. The summed E-state index contributed by atoms with van der Waals surface area (Å²) in [5, 5.41) is 6.16. The first-order chi connectivity index (χ1) is 7.23. The van der Waals surface area contributed by atoms with E-state index in [0.717, 1.165) is 0 Å². The summed E-state index contributed by atoms with van der Waals surface area (Å²) in [4.78, 5) is 0. The molecule has 1 atom stereocenters. The first kappa shape index (κ1) is 13.2. The van der Waals surface area contributed by atoms with Gasteiger partial charge in [-0.15, -0.1) is 0 Å². The van der Waals surface area contributed by atoms with E-state index in [0.29, 0.717) is 6.54 Å². The van der Waals surface area contributed by atoms with Gasteiger partial charge < -0.3 is 0 Å². The highest BCUT2D eigenvalue weighted by molar-refractivity contribution is 7.89. The average Bonchev–Trinajstić information content (AvgIpc) is 2.65. The molecule has 1 heterocycles. The lowest BCUT2D eigenvalue weighted by atomic mass is 9.82. The van der Waals surface area contributed by atoms with Crippen molar-refractivity contribution in [3.8, 4) is 0 Å². The second kappa shape index (κ2) is 4.55. The van der Waals surface area contributed by atoms with Crippen molar-refractivity contribution in [3.05, 3.63) is 12.3 Å². The van der Waals surface area contributed by atoms with Crippen LogP contribution < -0.4 is 4.72 Å². The number of aromatic nitrogens is 2. The molecule has 1 aromatic rings. The van der Waals surface area contributed by atoms with E-state index in [1.165, 1.54) is 12.3 Å². The Labute approximate surface area is 96.7 Å². The molecular formula is C10H19N3O2S. The number of hydrogen-bond acceptors (Lipinski definition) is 3. The van der Waals surface area contributed by atoms with Gasteiger partial charge in [-0.05, 0) is 17.4 Å². The smallest absolute Gasteiger partial charge is 0.257 e. The van der Waals surface area contributed by atoms with Gasteiger partial charge in [-0.25, -0.2) is 13.1 Å². The number of H-pyrrole nitrogens is 1. The van der Waals surface area contributed by atoms with Crippen LogP contribution in [0.25, 0.3) is 0 Å². The second-order valence-electron chi connectivity index (χ2n) is 5.04. The number of nitrogens with zero attached hydrogens (tertiary/aromatic N) is 1. The summed E-state index contributed by atoms with van der Waals surface area (Å²) in [5.41, 5.74) is 0.0799. The third kappa shape index (κ3) is 3.31. The normalized spacial score (nSPS) is 15.0. The molecule has 0 aliphatic heterocycles. The molecule has 0 aliphatic rings. The number of hydrogen-bond donors (Lipinski definition) is 2. The van der Waals surface area contributed by atoms with Crippen molar-refractivity contribution in [1.82, 2.24) is 14.9 Å². The Morgan fingerprint density at radius 3 is 2.56 bits per heavy atom. The van der Waals surface area contributed by atoms with Crippen molar-refractivity contribution < 1.29 is 8.42 Å². The first-order valence-electron chi connectivity index (χ1n) is 5.22. The summed E-state index contributed by atoms with van der Waals surface area (Å²) in [7, 11) is -3.44. The van der Waals surface area contributed by atoms with Crippen LogP contribution in [-0.4, -0.2) is 25.2 Å². The minimum atomic E-state index is -3.44. The summed E-state index contributed by atoms with van der Waals surface area (Å²) < 4.78 is 26.1. The number of rotatable bonds is 4. The average molecular weight is 245 g/mol. The van der Waals surface area contributed by atoms with Crippen LogP contribution in [0.5, 0.6) is 0 Å². The minimum Gasteiger partial charge on any atom is -0.266 e.